The van der Waals surface area contributed by atoms with Gasteiger partial charge in [-0.1, -0.05) is 6.92 Å². The second-order valence-electron chi connectivity index (χ2n) is 4.01. The van der Waals surface area contributed by atoms with Gasteiger partial charge in [-0.25, -0.2) is 8.78 Å². The molecule has 1 unspecified atom stereocenters. The fourth-order valence-corrected chi connectivity index (χ4v) is 2.01. The second kappa shape index (κ2) is 4.00. The lowest BCUT2D eigenvalue weighted by atomic mass is 10.1. The number of H-pyrrole nitrogens is 1. The summed E-state index contributed by atoms with van der Waals surface area (Å²) >= 11 is 4.93. The van der Waals surface area contributed by atoms with E-state index in [1.54, 1.807) is 0 Å². The Labute approximate surface area is 91.5 Å². The standard InChI is InChI=1S/C9H13F2N3S/c1-5(6-2-3-6)8-12-13-9(15)14(8)4-7(10)11/h5-7H,2-4H2,1H3,(H,13,15). The molecule has 1 aromatic heterocycles. The van der Waals surface area contributed by atoms with Crippen molar-refractivity contribution in [2.24, 2.45) is 5.92 Å². The van der Waals surface area contributed by atoms with E-state index in [-0.39, 0.29) is 17.2 Å². The molecule has 0 aliphatic heterocycles. The molecule has 0 spiro atoms. The summed E-state index contributed by atoms with van der Waals surface area (Å²) in [7, 11) is 0. The molecule has 1 aromatic rings. The molecular weight excluding hydrogens is 220 g/mol. The van der Waals surface area contributed by atoms with Gasteiger partial charge in [-0.15, -0.1) is 0 Å². The lowest BCUT2D eigenvalue weighted by Gasteiger charge is -2.11. The third kappa shape index (κ3) is 2.25. The number of hydrogen-bond acceptors (Lipinski definition) is 2. The zero-order chi connectivity index (χ0) is 11.0. The van der Waals surface area contributed by atoms with E-state index >= 15 is 0 Å². The molecule has 1 N–H and O–H groups in total. The Morgan fingerprint density at radius 3 is 2.80 bits per heavy atom. The van der Waals surface area contributed by atoms with Crippen molar-refractivity contribution in [1.82, 2.24) is 14.8 Å². The summed E-state index contributed by atoms with van der Waals surface area (Å²) in [5.41, 5.74) is 0. The topological polar surface area (TPSA) is 33.6 Å². The minimum Gasteiger partial charge on any atom is -0.298 e. The van der Waals surface area contributed by atoms with E-state index in [0.717, 1.165) is 12.8 Å². The van der Waals surface area contributed by atoms with Crippen LogP contribution in [0.1, 0.15) is 31.5 Å². The molecule has 3 nitrogen and oxygen atoms in total. The van der Waals surface area contributed by atoms with Gasteiger partial charge < -0.3 is 0 Å². The first-order valence-corrected chi connectivity index (χ1v) is 5.43. The van der Waals surface area contributed by atoms with E-state index in [1.165, 1.54) is 4.57 Å². The predicted octanol–water partition coefficient (Wildman–Crippen LogP) is 2.72. The summed E-state index contributed by atoms with van der Waals surface area (Å²) in [6, 6.07) is 0. The molecule has 1 aliphatic rings. The summed E-state index contributed by atoms with van der Waals surface area (Å²) in [5, 5.41) is 6.63. The van der Waals surface area contributed by atoms with E-state index in [9.17, 15) is 8.78 Å². The van der Waals surface area contributed by atoms with Crippen LogP contribution in [-0.2, 0) is 6.54 Å². The van der Waals surface area contributed by atoms with Crippen LogP contribution >= 0.6 is 12.2 Å². The lowest BCUT2D eigenvalue weighted by molar-refractivity contribution is 0.124. The molecule has 1 atom stereocenters. The van der Waals surface area contributed by atoms with Crippen LogP contribution in [0.2, 0.25) is 0 Å². The van der Waals surface area contributed by atoms with Gasteiger partial charge in [0.25, 0.3) is 6.43 Å². The SMILES string of the molecule is CC(c1n[nH]c(=S)n1CC(F)F)C1CC1. The monoisotopic (exact) mass is 233 g/mol. The highest BCUT2D eigenvalue weighted by Crippen LogP contribution is 2.41. The van der Waals surface area contributed by atoms with Crippen LogP contribution in [0.4, 0.5) is 8.78 Å². The zero-order valence-electron chi connectivity index (χ0n) is 8.41. The molecule has 1 aliphatic carbocycles. The second-order valence-corrected chi connectivity index (χ2v) is 4.40. The molecule has 0 amide bonds. The number of hydrogen-bond donors (Lipinski definition) is 1. The van der Waals surface area contributed by atoms with Gasteiger partial charge in [0.1, 0.15) is 5.82 Å². The Hall–Kier alpha value is -0.780. The molecule has 1 heterocycles. The van der Waals surface area contributed by atoms with Gasteiger partial charge >= 0.3 is 0 Å². The Bertz CT molecular complexity index is 394. The lowest BCUT2D eigenvalue weighted by Crippen LogP contribution is -2.13. The van der Waals surface area contributed by atoms with E-state index in [0.29, 0.717) is 11.7 Å². The molecule has 2 rings (SSSR count). The Balaban J connectivity index is 2.25. The van der Waals surface area contributed by atoms with Gasteiger partial charge in [-0.3, -0.25) is 9.67 Å². The maximum absolute atomic E-state index is 12.3. The average molecular weight is 233 g/mol. The average Bonchev–Trinajstić information content (AvgIpc) is 2.93. The quantitative estimate of drug-likeness (QED) is 0.811. The number of nitrogens with one attached hydrogen (secondary N) is 1. The summed E-state index contributed by atoms with van der Waals surface area (Å²) in [6.45, 7) is 1.66. The van der Waals surface area contributed by atoms with Crippen LogP contribution in [0.3, 0.4) is 0 Å². The predicted molar refractivity (Wildman–Crippen MR) is 54.6 cm³/mol. The van der Waals surface area contributed by atoms with Crippen molar-refractivity contribution in [2.75, 3.05) is 0 Å². The van der Waals surface area contributed by atoms with Crippen LogP contribution in [0.15, 0.2) is 0 Å². The molecule has 0 radical (unpaired) electrons. The molecule has 0 bridgehead atoms. The normalized spacial score (nSPS) is 18.4. The van der Waals surface area contributed by atoms with Gasteiger partial charge in [-0.05, 0) is 31.0 Å². The van der Waals surface area contributed by atoms with E-state index < -0.39 is 6.43 Å². The summed E-state index contributed by atoms with van der Waals surface area (Å²) < 4.78 is 26.4. The molecule has 84 valence electrons. The van der Waals surface area contributed by atoms with Gasteiger partial charge in [0.05, 0.1) is 6.54 Å². The maximum Gasteiger partial charge on any atom is 0.256 e. The molecule has 1 saturated carbocycles. The fraction of sp³-hybridized carbons (Fsp3) is 0.778. The van der Waals surface area contributed by atoms with Crippen molar-refractivity contribution in [3.63, 3.8) is 0 Å². The van der Waals surface area contributed by atoms with Crippen molar-refractivity contribution in [2.45, 2.75) is 38.7 Å². The molecule has 0 saturated heterocycles. The number of nitrogens with zero attached hydrogens (tertiary/aromatic N) is 2. The Morgan fingerprint density at radius 1 is 1.60 bits per heavy atom. The van der Waals surface area contributed by atoms with Crippen LogP contribution in [0.25, 0.3) is 0 Å². The summed E-state index contributed by atoms with van der Waals surface area (Å²) in [5.74, 6) is 1.48. The molecule has 1 fully saturated rings. The molecular formula is C9H13F2N3S. The number of halogens is 2. The van der Waals surface area contributed by atoms with E-state index in [2.05, 4.69) is 10.2 Å². The van der Waals surface area contributed by atoms with Crippen molar-refractivity contribution < 1.29 is 8.78 Å². The highest BCUT2D eigenvalue weighted by atomic mass is 32.1. The first-order valence-electron chi connectivity index (χ1n) is 5.03. The minimum atomic E-state index is -2.39. The third-order valence-corrected chi connectivity index (χ3v) is 3.16. The van der Waals surface area contributed by atoms with Gasteiger partial charge in [-0.2, -0.15) is 5.10 Å². The number of alkyl halides is 2. The van der Waals surface area contributed by atoms with Crippen molar-refractivity contribution >= 4 is 12.2 Å². The highest BCUT2D eigenvalue weighted by Gasteiger charge is 2.32. The zero-order valence-corrected chi connectivity index (χ0v) is 9.23. The number of aromatic amines is 1. The van der Waals surface area contributed by atoms with Crippen LogP contribution in [0, 0.1) is 10.7 Å². The third-order valence-electron chi connectivity index (χ3n) is 2.84. The first-order chi connectivity index (χ1) is 7.09. The van der Waals surface area contributed by atoms with Crippen LogP contribution in [-0.4, -0.2) is 21.2 Å². The number of rotatable bonds is 4. The molecule has 15 heavy (non-hydrogen) atoms. The Morgan fingerprint density at radius 2 is 2.27 bits per heavy atom. The molecule has 0 aromatic carbocycles. The van der Waals surface area contributed by atoms with Crippen molar-refractivity contribution in [1.29, 1.82) is 0 Å². The van der Waals surface area contributed by atoms with Gasteiger partial charge in [0.2, 0.25) is 0 Å². The summed E-state index contributed by atoms with van der Waals surface area (Å²) in [6.07, 6.45) is -0.0651. The van der Waals surface area contributed by atoms with Crippen molar-refractivity contribution in [3.05, 3.63) is 10.6 Å². The first kappa shape index (κ1) is 10.7. The largest absolute Gasteiger partial charge is 0.298 e. The minimum absolute atomic E-state index is 0.219. The van der Waals surface area contributed by atoms with Gasteiger partial charge in [0, 0.05) is 5.92 Å². The Kier molecular flexibility index (Phi) is 2.86. The number of aromatic nitrogens is 3. The summed E-state index contributed by atoms with van der Waals surface area (Å²) in [4.78, 5) is 0. The van der Waals surface area contributed by atoms with Crippen LogP contribution in [0.5, 0.6) is 0 Å². The molecule has 6 heteroatoms. The van der Waals surface area contributed by atoms with E-state index in [1.807, 2.05) is 6.92 Å². The van der Waals surface area contributed by atoms with Crippen LogP contribution < -0.4 is 0 Å². The highest BCUT2D eigenvalue weighted by molar-refractivity contribution is 7.71. The van der Waals surface area contributed by atoms with Crippen molar-refractivity contribution in [3.8, 4) is 0 Å². The van der Waals surface area contributed by atoms with Gasteiger partial charge in [0.15, 0.2) is 4.77 Å². The fourth-order valence-electron chi connectivity index (χ4n) is 1.80. The smallest absolute Gasteiger partial charge is 0.256 e. The van der Waals surface area contributed by atoms with E-state index in [4.69, 9.17) is 12.2 Å². The maximum atomic E-state index is 12.3.